The molecule has 12 heavy (non-hydrogen) atoms. The maximum atomic E-state index is 10.8. The molecular weight excluding hydrogens is 178 g/mol. The van der Waals surface area contributed by atoms with Crippen LogP contribution >= 0.6 is 11.3 Å². The number of thiazole rings is 1. The van der Waals surface area contributed by atoms with Gasteiger partial charge in [-0.25, -0.2) is 4.98 Å². The summed E-state index contributed by atoms with van der Waals surface area (Å²) in [5, 5.41) is 5.12. The number of aromatic nitrogens is 1. The molecule has 0 radical (unpaired) electrons. The van der Waals surface area contributed by atoms with Gasteiger partial charge in [0.25, 0.3) is 5.91 Å². The van der Waals surface area contributed by atoms with E-state index in [-0.39, 0.29) is 5.71 Å². The molecule has 1 aromatic rings. The summed E-state index contributed by atoms with van der Waals surface area (Å²) in [5.41, 5.74) is 7.10. The van der Waals surface area contributed by atoms with E-state index in [1.165, 1.54) is 18.4 Å². The van der Waals surface area contributed by atoms with Crippen LogP contribution in [0.15, 0.2) is 16.0 Å². The molecule has 0 spiro atoms. The van der Waals surface area contributed by atoms with E-state index in [2.05, 4.69) is 15.0 Å². The van der Waals surface area contributed by atoms with E-state index in [1.54, 1.807) is 10.9 Å². The average Bonchev–Trinajstić information content (AvgIpc) is 2.51. The molecule has 0 atom stereocenters. The number of rotatable bonds is 3. The number of amides is 1. The molecule has 0 bridgehead atoms. The van der Waals surface area contributed by atoms with Crippen molar-refractivity contribution < 1.29 is 9.63 Å². The number of nitrogens with two attached hydrogens (primary N) is 1. The number of carbonyl (C=O) groups excluding carboxylic acids is 1. The summed E-state index contributed by atoms with van der Waals surface area (Å²) < 4.78 is 0. The van der Waals surface area contributed by atoms with Gasteiger partial charge >= 0.3 is 0 Å². The largest absolute Gasteiger partial charge is 0.398 e. The van der Waals surface area contributed by atoms with E-state index in [0.29, 0.717) is 5.69 Å². The Morgan fingerprint density at radius 1 is 1.83 bits per heavy atom. The van der Waals surface area contributed by atoms with Gasteiger partial charge in [0.05, 0.1) is 5.51 Å². The monoisotopic (exact) mass is 185 g/mol. The van der Waals surface area contributed by atoms with Crippen LogP contribution in [0.4, 0.5) is 0 Å². The summed E-state index contributed by atoms with van der Waals surface area (Å²) in [7, 11) is 1.34. The highest BCUT2D eigenvalue weighted by Gasteiger charge is 2.12. The third kappa shape index (κ3) is 1.79. The number of hydrogen-bond acceptors (Lipinski definition) is 5. The summed E-state index contributed by atoms with van der Waals surface area (Å²) in [5.74, 6) is -0.650. The molecule has 0 unspecified atom stereocenters. The van der Waals surface area contributed by atoms with Crippen LogP contribution in [0.2, 0.25) is 0 Å². The predicted octanol–water partition coefficient (Wildman–Crippen LogP) is -0.0211. The van der Waals surface area contributed by atoms with Crippen LogP contribution in [0.1, 0.15) is 5.69 Å². The van der Waals surface area contributed by atoms with Gasteiger partial charge < -0.3 is 10.6 Å². The van der Waals surface area contributed by atoms with Gasteiger partial charge in [-0.2, -0.15) is 0 Å². The van der Waals surface area contributed by atoms with E-state index in [1.807, 2.05) is 0 Å². The second kappa shape index (κ2) is 3.82. The fraction of sp³-hybridized carbons (Fsp3) is 0.167. The van der Waals surface area contributed by atoms with Crippen LogP contribution < -0.4 is 5.73 Å². The number of carbonyl (C=O) groups is 1. The molecule has 0 aliphatic rings. The Hall–Kier alpha value is -1.43. The highest BCUT2D eigenvalue weighted by Crippen LogP contribution is 2.02. The second-order valence-corrected chi connectivity index (χ2v) is 2.58. The SMILES string of the molecule is CON=C(C(N)=O)c1cscn1. The molecule has 64 valence electrons. The molecule has 1 aromatic heterocycles. The zero-order chi connectivity index (χ0) is 8.97. The molecule has 5 nitrogen and oxygen atoms in total. The van der Waals surface area contributed by atoms with Gasteiger partial charge in [-0.05, 0) is 0 Å². The standard InChI is InChI=1S/C6H7N3O2S/c1-11-9-5(6(7)10)4-2-12-3-8-4/h2-3H,1H3,(H2,7,10). The minimum Gasteiger partial charge on any atom is -0.398 e. The van der Waals surface area contributed by atoms with Gasteiger partial charge in [-0.3, -0.25) is 4.79 Å². The van der Waals surface area contributed by atoms with Crippen LogP contribution in [-0.4, -0.2) is 23.7 Å². The Bertz CT molecular complexity index is 294. The lowest BCUT2D eigenvalue weighted by molar-refractivity contribution is -0.112. The van der Waals surface area contributed by atoms with Crippen LogP contribution in [0, 0.1) is 0 Å². The molecule has 2 N–H and O–H groups in total. The van der Waals surface area contributed by atoms with E-state index in [4.69, 9.17) is 5.73 Å². The Kier molecular flexibility index (Phi) is 2.76. The van der Waals surface area contributed by atoms with Crippen molar-refractivity contribution in [3.05, 3.63) is 16.6 Å². The number of hydrogen-bond donors (Lipinski definition) is 1. The van der Waals surface area contributed by atoms with Crippen LogP contribution in [0.25, 0.3) is 0 Å². The van der Waals surface area contributed by atoms with Gasteiger partial charge in [0.2, 0.25) is 0 Å². The van der Waals surface area contributed by atoms with Gasteiger partial charge in [0.15, 0.2) is 5.71 Å². The molecule has 0 aromatic carbocycles. The Morgan fingerprint density at radius 3 is 3.00 bits per heavy atom. The van der Waals surface area contributed by atoms with Crippen molar-refractivity contribution in [3.8, 4) is 0 Å². The Labute approximate surface area is 72.9 Å². The number of oxime groups is 1. The zero-order valence-corrected chi connectivity index (χ0v) is 7.17. The quantitative estimate of drug-likeness (QED) is 0.531. The third-order valence-corrected chi connectivity index (χ3v) is 1.68. The molecular formula is C6H7N3O2S. The molecule has 1 rings (SSSR count). The van der Waals surface area contributed by atoms with Gasteiger partial charge in [-0.15, -0.1) is 11.3 Å². The highest BCUT2D eigenvalue weighted by atomic mass is 32.1. The van der Waals surface area contributed by atoms with Crippen molar-refractivity contribution in [2.75, 3.05) is 7.11 Å². The van der Waals surface area contributed by atoms with E-state index in [9.17, 15) is 4.79 Å². The third-order valence-electron chi connectivity index (χ3n) is 1.09. The van der Waals surface area contributed by atoms with Crippen LogP contribution in [0.3, 0.4) is 0 Å². The smallest absolute Gasteiger partial charge is 0.273 e. The molecule has 0 aliphatic carbocycles. The van der Waals surface area contributed by atoms with Crippen molar-refractivity contribution in [1.82, 2.24) is 4.98 Å². The zero-order valence-electron chi connectivity index (χ0n) is 6.35. The fourth-order valence-electron chi connectivity index (χ4n) is 0.639. The minimum atomic E-state index is -0.650. The van der Waals surface area contributed by atoms with E-state index in [0.717, 1.165) is 0 Å². The van der Waals surface area contributed by atoms with Gasteiger partial charge in [-0.1, -0.05) is 5.16 Å². The normalized spacial score (nSPS) is 11.2. The average molecular weight is 185 g/mol. The topological polar surface area (TPSA) is 77.6 Å². The van der Waals surface area contributed by atoms with Crippen molar-refractivity contribution in [2.24, 2.45) is 10.9 Å². The first-order chi connectivity index (χ1) is 5.75. The summed E-state index contributed by atoms with van der Waals surface area (Å²) in [6.07, 6.45) is 0. The lowest BCUT2D eigenvalue weighted by atomic mass is 10.3. The molecule has 0 fully saturated rings. The summed E-state index contributed by atoms with van der Waals surface area (Å²) in [6.45, 7) is 0. The van der Waals surface area contributed by atoms with Crippen molar-refractivity contribution in [2.45, 2.75) is 0 Å². The molecule has 0 aliphatic heterocycles. The lowest BCUT2D eigenvalue weighted by Crippen LogP contribution is -2.24. The first-order valence-corrected chi connectivity index (χ1v) is 3.99. The van der Waals surface area contributed by atoms with Crippen molar-refractivity contribution >= 4 is 23.0 Å². The highest BCUT2D eigenvalue weighted by molar-refractivity contribution is 7.07. The Morgan fingerprint density at radius 2 is 2.58 bits per heavy atom. The first-order valence-electron chi connectivity index (χ1n) is 3.05. The van der Waals surface area contributed by atoms with Crippen molar-refractivity contribution in [3.63, 3.8) is 0 Å². The fourth-order valence-corrected chi connectivity index (χ4v) is 1.18. The van der Waals surface area contributed by atoms with Gasteiger partial charge in [0, 0.05) is 5.38 Å². The van der Waals surface area contributed by atoms with E-state index >= 15 is 0 Å². The summed E-state index contributed by atoms with van der Waals surface area (Å²) in [4.78, 5) is 19.1. The number of primary amides is 1. The number of nitrogens with zero attached hydrogens (tertiary/aromatic N) is 2. The van der Waals surface area contributed by atoms with E-state index < -0.39 is 5.91 Å². The summed E-state index contributed by atoms with van der Waals surface area (Å²) >= 11 is 1.36. The van der Waals surface area contributed by atoms with Crippen molar-refractivity contribution in [1.29, 1.82) is 0 Å². The van der Waals surface area contributed by atoms with Crippen LogP contribution in [-0.2, 0) is 9.63 Å². The minimum absolute atomic E-state index is 0.0405. The summed E-state index contributed by atoms with van der Waals surface area (Å²) in [6, 6.07) is 0. The van der Waals surface area contributed by atoms with Gasteiger partial charge in [0.1, 0.15) is 12.8 Å². The molecule has 0 saturated carbocycles. The lowest BCUT2D eigenvalue weighted by Gasteiger charge is -1.95. The maximum Gasteiger partial charge on any atom is 0.273 e. The molecule has 0 saturated heterocycles. The second-order valence-electron chi connectivity index (χ2n) is 1.86. The van der Waals surface area contributed by atoms with Crippen LogP contribution in [0.5, 0.6) is 0 Å². The first kappa shape index (κ1) is 8.66. The Balaban J connectivity index is 2.96. The molecule has 6 heteroatoms. The molecule has 1 heterocycles. The predicted molar refractivity (Wildman–Crippen MR) is 44.9 cm³/mol. The molecule has 1 amide bonds. The maximum absolute atomic E-state index is 10.8.